The Hall–Kier alpha value is -1.51. The fourth-order valence-electron chi connectivity index (χ4n) is 2.88. The smallest absolute Gasteiger partial charge is 0.239 e. The summed E-state index contributed by atoms with van der Waals surface area (Å²) >= 11 is 0. The van der Waals surface area contributed by atoms with Gasteiger partial charge in [-0.25, -0.2) is 0 Å². The molecule has 78 valence electrons. The fraction of sp³-hybridized carbons (Fsp3) is 0.417. The molecule has 1 fully saturated rings. The van der Waals surface area contributed by atoms with Crippen LogP contribution in [0.3, 0.4) is 0 Å². The molecule has 2 N–H and O–H groups in total. The molecule has 0 bridgehead atoms. The summed E-state index contributed by atoms with van der Waals surface area (Å²) in [5.41, 5.74) is 8.31. The van der Waals surface area contributed by atoms with Crippen molar-refractivity contribution < 1.29 is 4.79 Å². The number of fused-ring (bicyclic) bond motifs is 2. The molecule has 0 spiro atoms. The van der Waals surface area contributed by atoms with E-state index in [4.69, 9.17) is 0 Å². The van der Waals surface area contributed by atoms with Gasteiger partial charge in [-0.15, -0.1) is 0 Å². The van der Waals surface area contributed by atoms with Crippen LogP contribution in [0.15, 0.2) is 35.6 Å². The van der Waals surface area contributed by atoms with Crippen molar-refractivity contribution in [1.29, 1.82) is 0 Å². The number of carbonyl (C=O) groups excluding carboxylic acids is 1. The average molecular weight is 202 g/mol. The van der Waals surface area contributed by atoms with Gasteiger partial charge in [-0.1, -0.05) is 31.2 Å². The van der Waals surface area contributed by atoms with Gasteiger partial charge in [-0.3, -0.25) is 10.2 Å². The second-order valence-corrected chi connectivity index (χ2v) is 4.80. The minimum Gasteiger partial charge on any atom is -0.302 e. The highest BCUT2D eigenvalue weighted by molar-refractivity contribution is 5.78. The summed E-state index contributed by atoms with van der Waals surface area (Å²) in [4.78, 5) is 11.4. The number of allylic oxidation sites excluding steroid dienone is 6. The Morgan fingerprint density at radius 1 is 1.40 bits per heavy atom. The summed E-state index contributed by atoms with van der Waals surface area (Å²) in [7, 11) is 0. The van der Waals surface area contributed by atoms with Gasteiger partial charge in [0.25, 0.3) is 0 Å². The normalized spacial score (nSPS) is 37.1. The molecule has 15 heavy (non-hydrogen) atoms. The largest absolute Gasteiger partial charge is 0.302 e. The van der Waals surface area contributed by atoms with Crippen molar-refractivity contribution in [2.75, 3.05) is 0 Å². The van der Waals surface area contributed by atoms with Gasteiger partial charge in [-0.2, -0.15) is 0 Å². The highest BCUT2D eigenvalue weighted by Crippen LogP contribution is 2.49. The van der Waals surface area contributed by atoms with Crippen LogP contribution in [0.5, 0.6) is 0 Å². The lowest BCUT2D eigenvalue weighted by Gasteiger charge is -2.33. The third-order valence-corrected chi connectivity index (χ3v) is 3.57. The van der Waals surface area contributed by atoms with E-state index in [1.807, 2.05) is 0 Å². The van der Waals surface area contributed by atoms with Gasteiger partial charge in [0.1, 0.15) is 0 Å². The summed E-state index contributed by atoms with van der Waals surface area (Å²) in [6.45, 7) is 2.17. The zero-order valence-corrected chi connectivity index (χ0v) is 8.71. The molecule has 3 aliphatic rings. The molecule has 1 aliphatic heterocycles. The molecular formula is C12H14N2O. The van der Waals surface area contributed by atoms with Crippen molar-refractivity contribution in [2.24, 2.45) is 11.3 Å². The van der Waals surface area contributed by atoms with Gasteiger partial charge in [0.2, 0.25) is 5.91 Å². The lowest BCUT2D eigenvalue weighted by Crippen LogP contribution is -2.48. The highest BCUT2D eigenvalue weighted by atomic mass is 16.2. The first-order valence-electron chi connectivity index (χ1n) is 5.33. The molecule has 3 nitrogen and oxygen atoms in total. The number of amides is 1. The molecule has 1 saturated heterocycles. The third kappa shape index (κ3) is 1.16. The Morgan fingerprint density at radius 2 is 2.27 bits per heavy atom. The van der Waals surface area contributed by atoms with E-state index < -0.39 is 0 Å². The van der Waals surface area contributed by atoms with Crippen LogP contribution in [0.4, 0.5) is 0 Å². The standard InChI is InChI=1S/C12H14N2O/c1-12-6-8-4-2-3-5-9(8)11(12)14-13-10(15)7-12/h2-5,8,14H,6-7H2,1H3,(H,13,15). The molecule has 2 atom stereocenters. The first-order chi connectivity index (χ1) is 7.19. The van der Waals surface area contributed by atoms with E-state index in [2.05, 4.69) is 42.1 Å². The van der Waals surface area contributed by atoms with Crippen LogP contribution < -0.4 is 10.9 Å². The third-order valence-electron chi connectivity index (χ3n) is 3.57. The minimum absolute atomic E-state index is 0.00134. The van der Waals surface area contributed by atoms with E-state index in [0.29, 0.717) is 12.3 Å². The van der Waals surface area contributed by atoms with Gasteiger partial charge in [0.15, 0.2) is 0 Å². The lowest BCUT2D eigenvalue weighted by molar-refractivity contribution is -0.125. The van der Waals surface area contributed by atoms with Crippen LogP contribution >= 0.6 is 0 Å². The maximum absolute atomic E-state index is 11.4. The summed E-state index contributed by atoms with van der Waals surface area (Å²) in [6.07, 6.45) is 10.1. The van der Waals surface area contributed by atoms with E-state index in [0.717, 1.165) is 6.42 Å². The molecule has 2 unspecified atom stereocenters. The Bertz CT molecular complexity index is 419. The topological polar surface area (TPSA) is 41.1 Å². The molecule has 3 rings (SSSR count). The van der Waals surface area contributed by atoms with Gasteiger partial charge in [0, 0.05) is 23.5 Å². The van der Waals surface area contributed by atoms with Crippen molar-refractivity contribution in [3.63, 3.8) is 0 Å². The maximum atomic E-state index is 11.4. The van der Waals surface area contributed by atoms with E-state index >= 15 is 0 Å². The van der Waals surface area contributed by atoms with Gasteiger partial charge >= 0.3 is 0 Å². The average Bonchev–Trinajstić information content (AvgIpc) is 2.48. The van der Waals surface area contributed by atoms with Crippen molar-refractivity contribution in [1.82, 2.24) is 10.9 Å². The molecular weight excluding hydrogens is 188 g/mol. The van der Waals surface area contributed by atoms with Crippen molar-refractivity contribution in [3.8, 4) is 0 Å². The first kappa shape index (κ1) is 8.77. The Kier molecular flexibility index (Phi) is 1.61. The molecule has 0 radical (unpaired) electrons. The fourth-order valence-corrected chi connectivity index (χ4v) is 2.88. The lowest BCUT2D eigenvalue weighted by atomic mass is 9.81. The first-order valence-corrected chi connectivity index (χ1v) is 5.33. The SMILES string of the molecule is CC12CC(=O)NNC1=C1C=CC=CC1C2. The van der Waals surface area contributed by atoms with Crippen LogP contribution in [-0.4, -0.2) is 5.91 Å². The van der Waals surface area contributed by atoms with Crippen LogP contribution in [0.2, 0.25) is 0 Å². The Balaban J connectivity index is 2.06. The Labute approximate surface area is 88.9 Å². The number of hydrogen-bond acceptors (Lipinski definition) is 2. The van der Waals surface area contributed by atoms with E-state index in [1.54, 1.807) is 0 Å². The quantitative estimate of drug-likeness (QED) is 0.623. The summed E-state index contributed by atoms with van der Waals surface area (Å²) in [6, 6.07) is 0. The molecule has 1 heterocycles. The zero-order chi connectivity index (χ0) is 10.5. The molecule has 1 amide bonds. The summed E-state index contributed by atoms with van der Waals surface area (Å²) < 4.78 is 0. The predicted molar refractivity (Wildman–Crippen MR) is 57.4 cm³/mol. The molecule has 0 aromatic carbocycles. The molecule has 0 saturated carbocycles. The van der Waals surface area contributed by atoms with Gasteiger partial charge in [0.05, 0.1) is 0 Å². The van der Waals surface area contributed by atoms with Crippen LogP contribution in [-0.2, 0) is 4.79 Å². The van der Waals surface area contributed by atoms with Crippen LogP contribution in [0.25, 0.3) is 0 Å². The summed E-state index contributed by atoms with van der Waals surface area (Å²) in [5, 5.41) is 0. The van der Waals surface area contributed by atoms with Crippen LogP contribution in [0.1, 0.15) is 19.8 Å². The van der Waals surface area contributed by atoms with E-state index in [-0.39, 0.29) is 11.3 Å². The number of carbonyl (C=O) groups is 1. The maximum Gasteiger partial charge on any atom is 0.239 e. The van der Waals surface area contributed by atoms with Crippen molar-refractivity contribution in [3.05, 3.63) is 35.6 Å². The van der Waals surface area contributed by atoms with Crippen LogP contribution in [0, 0.1) is 11.3 Å². The van der Waals surface area contributed by atoms with Crippen molar-refractivity contribution >= 4 is 5.91 Å². The molecule has 2 aliphatic carbocycles. The second kappa shape index (κ2) is 2.75. The summed E-state index contributed by atoms with van der Waals surface area (Å²) in [5.74, 6) is 0.573. The highest BCUT2D eigenvalue weighted by Gasteiger charge is 2.45. The number of nitrogens with one attached hydrogen (secondary N) is 2. The van der Waals surface area contributed by atoms with Crippen molar-refractivity contribution in [2.45, 2.75) is 19.8 Å². The Morgan fingerprint density at radius 3 is 3.13 bits per heavy atom. The monoisotopic (exact) mass is 202 g/mol. The van der Waals surface area contributed by atoms with Gasteiger partial charge in [-0.05, 0) is 12.0 Å². The second-order valence-electron chi connectivity index (χ2n) is 4.80. The van der Waals surface area contributed by atoms with E-state index in [1.165, 1.54) is 11.3 Å². The molecule has 3 heteroatoms. The molecule has 0 aromatic heterocycles. The molecule has 0 aromatic rings. The number of rotatable bonds is 0. The number of hydrogen-bond donors (Lipinski definition) is 2. The zero-order valence-electron chi connectivity index (χ0n) is 8.71. The van der Waals surface area contributed by atoms with E-state index in [9.17, 15) is 4.79 Å². The van der Waals surface area contributed by atoms with Gasteiger partial charge < -0.3 is 5.43 Å². The number of hydrazine groups is 1. The minimum atomic E-state index is 0.00134. The predicted octanol–water partition coefficient (Wildman–Crippen LogP) is 1.42.